The smallest absolute Gasteiger partial charge is 0.150 e. The molecule has 0 unspecified atom stereocenters. The lowest BCUT2D eigenvalue weighted by atomic mass is 9.94. The number of aryl methyl sites for hydroxylation is 1. The van der Waals surface area contributed by atoms with Gasteiger partial charge in [-0.3, -0.25) is 4.98 Å². The maximum absolute atomic E-state index is 14.2. The highest BCUT2D eigenvalue weighted by Crippen LogP contribution is 2.31. The third-order valence-electron chi connectivity index (χ3n) is 6.36. The number of nitrogens with zero attached hydrogens (tertiary/aromatic N) is 3. The summed E-state index contributed by atoms with van der Waals surface area (Å²) in [5.41, 5.74) is 10.4. The monoisotopic (exact) mass is 515 g/mol. The first-order valence-electron chi connectivity index (χ1n) is 12.6. The first kappa shape index (κ1) is 25.4. The largest absolute Gasteiger partial charge is 0.489 e. The van der Waals surface area contributed by atoms with Crippen molar-refractivity contribution in [1.82, 2.24) is 15.0 Å². The molecular formula is C29H30FN5O3. The van der Waals surface area contributed by atoms with Crippen molar-refractivity contribution in [3.63, 3.8) is 0 Å². The van der Waals surface area contributed by atoms with Gasteiger partial charge in [0.15, 0.2) is 5.82 Å². The molecule has 3 N–H and O–H groups in total. The van der Waals surface area contributed by atoms with Gasteiger partial charge in [-0.05, 0) is 62.4 Å². The summed E-state index contributed by atoms with van der Waals surface area (Å²) in [6.07, 6.45) is 6.06. The van der Waals surface area contributed by atoms with Crippen LogP contribution in [0.4, 0.5) is 21.6 Å². The molecule has 0 spiro atoms. The fourth-order valence-electron chi connectivity index (χ4n) is 4.27. The molecule has 3 heterocycles. The lowest BCUT2D eigenvalue weighted by molar-refractivity contribution is 0.0663. The summed E-state index contributed by atoms with van der Waals surface area (Å²) in [5.74, 6) is 1.71. The van der Waals surface area contributed by atoms with E-state index in [1.54, 1.807) is 24.4 Å². The van der Waals surface area contributed by atoms with Crippen LogP contribution in [0.3, 0.4) is 0 Å². The molecule has 0 aliphatic carbocycles. The molecule has 4 aromatic rings. The van der Waals surface area contributed by atoms with Crippen LogP contribution in [0.5, 0.6) is 17.2 Å². The van der Waals surface area contributed by atoms with Gasteiger partial charge in [-0.25, -0.2) is 14.4 Å². The number of rotatable bonds is 9. The Morgan fingerprint density at radius 3 is 2.53 bits per heavy atom. The van der Waals surface area contributed by atoms with Gasteiger partial charge in [-0.1, -0.05) is 6.07 Å². The van der Waals surface area contributed by atoms with Gasteiger partial charge in [0.1, 0.15) is 41.7 Å². The Kier molecular flexibility index (Phi) is 7.94. The minimum atomic E-state index is -0.450. The van der Waals surface area contributed by atoms with Crippen LogP contribution in [0.15, 0.2) is 67.1 Å². The topological polar surface area (TPSA) is 104 Å². The van der Waals surface area contributed by atoms with Crippen molar-refractivity contribution in [2.45, 2.75) is 32.8 Å². The van der Waals surface area contributed by atoms with E-state index in [0.717, 1.165) is 55.1 Å². The Hall–Kier alpha value is -4.24. The molecule has 1 aliphatic rings. The Labute approximate surface area is 221 Å². The van der Waals surface area contributed by atoms with Crippen LogP contribution in [0.1, 0.15) is 29.8 Å². The van der Waals surface area contributed by atoms with E-state index < -0.39 is 5.82 Å². The number of ether oxygens (including phenoxy) is 3. The zero-order valence-electron chi connectivity index (χ0n) is 21.2. The summed E-state index contributed by atoms with van der Waals surface area (Å²) in [5, 5.41) is 3.35. The number of nitrogens with one attached hydrogen (secondary N) is 1. The van der Waals surface area contributed by atoms with E-state index in [2.05, 4.69) is 20.3 Å². The van der Waals surface area contributed by atoms with Crippen molar-refractivity contribution in [1.29, 1.82) is 0 Å². The van der Waals surface area contributed by atoms with E-state index in [0.29, 0.717) is 34.7 Å². The Bertz CT molecular complexity index is 1360. The van der Waals surface area contributed by atoms with Crippen molar-refractivity contribution in [2.75, 3.05) is 24.3 Å². The van der Waals surface area contributed by atoms with Gasteiger partial charge in [-0.15, -0.1) is 0 Å². The summed E-state index contributed by atoms with van der Waals surface area (Å²) in [6, 6.07) is 15.4. The number of benzene rings is 2. The second-order valence-electron chi connectivity index (χ2n) is 9.31. The van der Waals surface area contributed by atoms with Gasteiger partial charge >= 0.3 is 0 Å². The molecular weight excluding hydrogens is 485 g/mol. The van der Waals surface area contributed by atoms with Crippen molar-refractivity contribution >= 4 is 17.2 Å². The third kappa shape index (κ3) is 6.74. The van der Waals surface area contributed by atoms with E-state index in [4.69, 9.17) is 19.9 Å². The summed E-state index contributed by atoms with van der Waals surface area (Å²) in [6.45, 7) is 3.75. The molecule has 196 valence electrons. The van der Waals surface area contributed by atoms with Crippen LogP contribution in [0.2, 0.25) is 0 Å². The number of hydrogen-bond donors (Lipinski definition) is 2. The standard InChI is InChI=1S/C29H30FN5O3/c1-19-2-3-21(16-32-19)17-37-25-13-22(30)14-26(15-25)38-24-6-4-23(5-7-24)35-28-27(33-18-34-29(28)31)12-20-8-10-36-11-9-20/h2-7,13-16,18,20,35H,8-12,17H2,1H3,(H2,31,33,34). The molecule has 38 heavy (non-hydrogen) atoms. The van der Waals surface area contributed by atoms with Crippen LogP contribution in [0.25, 0.3) is 0 Å². The van der Waals surface area contributed by atoms with E-state index >= 15 is 0 Å². The van der Waals surface area contributed by atoms with Crippen LogP contribution < -0.4 is 20.5 Å². The number of pyridine rings is 1. The Morgan fingerprint density at radius 2 is 1.76 bits per heavy atom. The summed E-state index contributed by atoms with van der Waals surface area (Å²) >= 11 is 0. The normalized spacial score (nSPS) is 13.7. The molecule has 1 fully saturated rings. The SMILES string of the molecule is Cc1ccc(COc2cc(F)cc(Oc3ccc(Nc4c(N)ncnc4CC4CCOCC4)cc3)c2)cn1. The predicted molar refractivity (Wildman–Crippen MR) is 143 cm³/mol. The predicted octanol–water partition coefficient (Wildman–Crippen LogP) is 5.99. The van der Waals surface area contributed by atoms with E-state index in [9.17, 15) is 4.39 Å². The van der Waals surface area contributed by atoms with Gasteiger partial charge in [-0.2, -0.15) is 0 Å². The minimum Gasteiger partial charge on any atom is -0.489 e. The summed E-state index contributed by atoms with van der Waals surface area (Å²) in [7, 11) is 0. The second kappa shape index (κ2) is 11.9. The average Bonchev–Trinajstić information content (AvgIpc) is 2.92. The molecule has 1 saturated heterocycles. The van der Waals surface area contributed by atoms with Crippen LogP contribution in [0, 0.1) is 18.7 Å². The molecule has 0 atom stereocenters. The molecule has 1 aliphatic heterocycles. The lowest BCUT2D eigenvalue weighted by Crippen LogP contribution is -2.19. The number of aromatic nitrogens is 3. The van der Waals surface area contributed by atoms with E-state index in [1.807, 2.05) is 31.2 Å². The highest BCUT2D eigenvalue weighted by atomic mass is 19.1. The van der Waals surface area contributed by atoms with E-state index in [-0.39, 0.29) is 6.61 Å². The Morgan fingerprint density at radius 1 is 0.974 bits per heavy atom. The number of anilines is 3. The van der Waals surface area contributed by atoms with Crippen LogP contribution in [-0.2, 0) is 17.8 Å². The molecule has 0 saturated carbocycles. The van der Waals surface area contributed by atoms with Crippen molar-refractivity contribution in [3.05, 3.63) is 89.9 Å². The van der Waals surface area contributed by atoms with Crippen molar-refractivity contribution in [2.24, 2.45) is 5.92 Å². The minimum absolute atomic E-state index is 0.277. The molecule has 0 radical (unpaired) electrons. The fourth-order valence-corrected chi connectivity index (χ4v) is 4.27. The third-order valence-corrected chi connectivity index (χ3v) is 6.36. The number of halogens is 1. The van der Waals surface area contributed by atoms with Crippen molar-refractivity contribution in [3.8, 4) is 17.2 Å². The fraction of sp³-hybridized carbons (Fsp3) is 0.276. The van der Waals surface area contributed by atoms with Crippen LogP contribution in [-0.4, -0.2) is 28.2 Å². The molecule has 8 nitrogen and oxygen atoms in total. The van der Waals surface area contributed by atoms with Gasteiger partial charge in [0.05, 0.1) is 5.69 Å². The van der Waals surface area contributed by atoms with E-state index in [1.165, 1.54) is 18.5 Å². The lowest BCUT2D eigenvalue weighted by Gasteiger charge is -2.23. The number of nitrogen functional groups attached to an aromatic ring is 1. The van der Waals surface area contributed by atoms with Gasteiger partial charge in [0.25, 0.3) is 0 Å². The molecule has 0 amide bonds. The highest BCUT2D eigenvalue weighted by Gasteiger charge is 2.18. The maximum Gasteiger partial charge on any atom is 0.150 e. The molecule has 2 aromatic heterocycles. The zero-order valence-corrected chi connectivity index (χ0v) is 21.2. The van der Waals surface area contributed by atoms with Crippen LogP contribution >= 0.6 is 0 Å². The highest BCUT2D eigenvalue weighted by molar-refractivity contribution is 5.72. The maximum atomic E-state index is 14.2. The number of hydrogen-bond acceptors (Lipinski definition) is 8. The molecule has 0 bridgehead atoms. The molecule has 5 rings (SSSR count). The quantitative estimate of drug-likeness (QED) is 0.280. The summed E-state index contributed by atoms with van der Waals surface area (Å²) < 4.78 is 31.4. The molecule has 2 aromatic carbocycles. The summed E-state index contributed by atoms with van der Waals surface area (Å²) in [4.78, 5) is 12.9. The second-order valence-corrected chi connectivity index (χ2v) is 9.31. The first-order chi connectivity index (χ1) is 18.5. The van der Waals surface area contributed by atoms with Gasteiger partial charge < -0.3 is 25.3 Å². The zero-order chi connectivity index (χ0) is 26.3. The average molecular weight is 516 g/mol. The Balaban J connectivity index is 1.24. The number of nitrogens with two attached hydrogens (primary N) is 1. The first-order valence-corrected chi connectivity index (χ1v) is 12.6. The van der Waals surface area contributed by atoms with Gasteiger partial charge in [0, 0.05) is 54.6 Å². The van der Waals surface area contributed by atoms with Crippen molar-refractivity contribution < 1.29 is 18.6 Å². The van der Waals surface area contributed by atoms with Gasteiger partial charge in [0.2, 0.25) is 0 Å². The molecule has 9 heteroatoms.